The summed E-state index contributed by atoms with van der Waals surface area (Å²) in [5.74, 6) is 0.774. The average Bonchev–Trinajstić information content (AvgIpc) is 2.80. The van der Waals surface area contributed by atoms with Crippen LogP contribution in [-0.2, 0) is 11.2 Å². The number of nitrogens with one attached hydrogen (secondary N) is 2. The summed E-state index contributed by atoms with van der Waals surface area (Å²) in [6.45, 7) is 2.60. The summed E-state index contributed by atoms with van der Waals surface area (Å²) >= 11 is 1.66. The molecule has 2 N–H and O–H groups in total. The molecule has 4 rings (SSSR count). The zero-order valence-corrected chi connectivity index (χ0v) is 18.1. The van der Waals surface area contributed by atoms with E-state index in [4.69, 9.17) is 0 Å². The van der Waals surface area contributed by atoms with E-state index in [0.29, 0.717) is 12.2 Å². The molecule has 3 aromatic rings. The highest BCUT2D eigenvalue weighted by atomic mass is 32.2. The molecule has 31 heavy (non-hydrogen) atoms. The number of hydrogen-bond acceptors (Lipinski definition) is 4. The Labute approximate surface area is 186 Å². The molecule has 0 spiro atoms. The molecule has 0 aliphatic carbocycles. The Hall–Kier alpha value is -3.32. The lowest BCUT2D eigenvalue weighted by molar-refractivity contribution is -0.121. The van der Waals surface area contributed by atoms with Gasteiger partial charge in [0.2, 0.25) is 5.91 Å². The van der Waals surface area contributed by atoms with E-state index in [1.165, 1.54) is 0 Å². The molecular weight excluding hydrogens is 408 g/mol. The van der Waals surface area contributed by atoms with Gasteiger partial charge in [-0.05, 0) is 42.3 Å². The highest BCUT2D eigenvalue weighted by molar-refractivity contribution is 7.99. The van der Waals surface area contributed by atoms with E-state index in [-0.39, 0.29) is 24.4 Å². The van der Waals surface area contributed by atoms with Gasteiger partial charge in [0.25, 0.3) is 0 Å². The third kappa shape index (κ3) is 5.24. The first-order valence-corrected chi connectivity index (χ1v) is 11.2. The molecule has 0 unspecified atom stereocenters. The molecule has 0 bridgehead atoms. The number of pyridine rings is 1. The number of urea groups is 1. The highest BCUT2D eigenvalue weighted by Gasteiger charge is 2.23. The fourth-order valence-corrected chi connectivity index (χ4v) is 4.39. The molecule has 2 heterocycles. The van der Waals surface area contributed by atoms with Crippen molar-refractivity contribution in [1.82, 2.24) is 10.3 Å². The van der Waals surface area contributed by atoms with E-state index in [1.807, 2.05) is 73.7 Å². The van der Waals surface area contributed by atoms with Crippen LogP contribution in [-0.4, -0.2) is 29.2 Å². The molecule has 7 heteroatoms. The number of hydrogen-bond donors (Lipinski definition) is 2. The minimum Gasteiger partial charge on any atom is -0.349 e. The summed E-state index contributed by atoms with van der Waals surface area (Å²) in [6.07, 6.45) is 2.02. The number of carbonyl (C=O) groups is 2. The van der Waals surface area contributed by atoms with Gasteiger partial charge in [-0.15, -0.1) is 11.8 Å². The van der Waals surface area contributed by atoms with Gasteiger partial charge in [0.1, 0.15) is 5.03 Å². The fraction of sp³-hybridized carbons (Fsp3) is 0.208. The normalized spacial score (nSPS) is 13.8. The van der Waals surface area contributed by atoms with Crippen molar-refractivity contribution in [2.45, 2.75) is 24.4 Å². The molecule has 3 amide bonds. The molecule has 6 nitrogen and oxygen atoms in total. The number of thioether (sulfide) groups is 1. The number of carbonyl (C=O) groups excluding carboxylic acids is 2. The molecule has 0 saturated carbocycles. The first-order valence-electron chi connectivity index (χ1n) is 10.2. The van der Waals surface area contributed by atoms with Crippen LogP contribution in [0.2, 0.25) is 0 Å². The molecule has 1 aliphatic rings. The van der Waals surface area contributed by atoms with E-state index in [2.05, 4.69) is 15.6 Å². The van der Waals surface area contributed by atoms with Gasteiger partial charge in [-0.3, -0.25) is 9.69 Å². The van der Waals surface area contributed by atoms with Crippen LogP contribution < -0.4 is 15.5 Å². The largest absolute Gasteiger partial charge is 0.349 e. The van der Waals surface area contributed by atoms with Crippen molar-refractivity contribution in [3.63, 3.8) is 0 Å². The molecule has 2 aromatic carbocycles. The van der Waals surface area contributed by atoms with Crippen molar-refractivity contribution >= 4 is 35.1 Å². The summed E-state index contributed by atoms with van der Waals surface area (Å²) < 4.78 is 0. The lowest BCUT2D eigenvalue weighted by Gasteiger charge is -2.28. The van der Waals surface area contributed by atoms with Crippen LogP contribution in [0.3, 0.4) is 0 Å². The lowest BCUT2D eigenvalue weighted by Crippen LogP contribution is -2.38. The summed E-state index contributed by atoms with van der Waals surface area (Å²) in [4.78, 5) is 31.2. The summed E-state index contributed by atoms with van der Waals surface area (Å²) in [7, 11) is 0. The van der Waals surface area contributed by atoms with Crippen molar-refractivity contribution in [2.24, 2.45) is 0 Å². The standard InChI is InChI=1S/C24H24N4O2S/c1-17(19-6-3-2-4-7-19)26-22(29)16-18-9-11-20(12-10-18)27-24(30)28-14-15-31-23-21(28)8-5-13-25-23/h2-13,17H,14-16H2,1H3,(H,26,29)(H,27,30)/t17-/m0/s1. The molecule has 1 atom stereocenters. The van der Waals surface area contributed by atoms with Gasteiger partial charge in [0.15, 0.2) is 0 Å². The van der Waals surface area contributed by atoms with Crippen LogP contribution in [0.1, 0.15) is 24.1 Å². The van der Waals surface area contributed by atoms with Crippen LogP contribution >= 0.6 is 11.8 Å². The van der Waals surface area contributed by atoms with Gasteiger partial charge in [0.05, 0.1) is 18.2 Å². The van der Waals surface area contributed by atoms with E-state index < -0.39 is 0 Å². The average molecular weight is 433 g/mol. The summed E-state index contributed by atoms with van der Waals surface area (Å²) in [6, 6.07) is 20.8. The van der Waals surface area contributed by atoms with Gasteiger partial charge in [0, 0.05) is 24.2 Å². The second kappa shape index (κ2) is 9.66. The van der Waals surface area contributed by atoms with E-state index in [9.17, 15) is 9.59 Å². The number of aromatic nitrogens is 1. The van der Waals surface area contributed by atoms with Crippen molar-refractivity contribution in [1.29, 1.82) is 0 Å². The van der Waals surface area contributed by atoms with Gasteiger partial charge in [-0.1, -0.05) is 42.5 Å². The van der Waals surface area contributed by atoms with Crippen molar-refractivity contribution < 1.29 is 9.59 Å². The minimum absolute atomic E-state index is 0.0388. The first kappa shape index (κ1) is 20.9. The molecule has 0 saturated heterocycles. The van der Waals surface area contributed by atoms with Crippen LogP contribution in [0.5, 0.6) is 0 Å². The topological polar surface area (TPSA) is 74.3 Å². The number of fused-ring (bicyclic) bond motifs is 1. The van der Waals surface area contributed by atoms with Gasteiger partial charge >= 0.3 is 6.03 Å². The van der Waals surface area contributed by atoms with Crippen LogP contribution in [0.25, 0.3) is 0 Å². The maximum Gasteiger partial charge on any atom is 0.326 e. The van der Waals surface area contributed by atoms with E-state index in [0.717, 1.165) is 27.6 Å². The second-order valence-electron chi connectivity index (χ2n) is 7.33. The van der Waals surface area contributed by atoms with Gasteiger partial charge in [-0.25, -0.2) is 9.78 Å². The Balaban J connectivity index is 1.33. The number of benzene rings is 2. The number of amides is 3. The van der Waals surface area contributed by atoms with Crippen molar-refractivity contribution in [3.8, 4) is 0 Å². The van der Waals surface area contributed by atoms with Crippen LogP contribution in [0.4, 0.5) is 16.2 Å². The van der Waals surface area contributed by atoms with E-state index >= 15 is 0 Å². The molecule has 1 aromatic heterocycles. The molecule has 0 radical (unpaired) electrons. The van der Waals surface area contributed by atoms with Crippen LogP contribution in [0.15, 0.2) is 78.0 Å². The van der Waals surface area contributed by atoms with Gasteiger partial charge in [-0.2, -0.15) is 0 Å². The number of nitrogens with zero attached hydrogens (tertiary/aromatic N) is 2. The monoisotopic (exact) mass is 432 g/mol. The number of anilines is 2. The SMILES string of the molecule is C[C@H](NC(=O)Cc1ccc(NC(=O)N2CCSc3ncccc32)cc1)c1ccccc1. The maximum absolute atomic E-state index is 12.8. The maximum atomic E-state index is 12.8. The summed E-state index contributed by atoms with van der Waals surface area (Å²) in [5, 5.41) is 6.83. The minimum atomic E-state index is -0.184. The molecule has 1 aliphatic heterocycles. The predicted octanol–water partition coefficient (Wildman–Crippen LogP) is 4.65. The van der Waals surface area contributed by atoms with E-state index in [1.54, 1.807) is 22.9 Å². The third-order valence-electron chi connectivity index (χ3n) is 5.09. The molecular formula is C24H24N4O2S. The second-order valence-corrected chi connectivity index (χ2v) is 8.42. The Bertz CT molecular complexity index is 1060. The quantitative estimate of drug-likeness (QED) is 0.616. The smallest absolute Gasteiger partial charge is 0.326 e. The van der Waals surface area contributed by atoms with Crippen LogP contribution in [0, 0.1) is 0 Å². The zero-order valence-electron chi connectivity index (χ0n) is 17.2. The molecule has 0 fully saturated rings. The van der Waals surface area contributed by atoms with Gasteiger partial charge < -0.3 is 10.6 Å². The predicted molar refractivity (Wildman–Crippen MR) is 124 cm³/mol. The Morgan fingerprint density at radius 1 is 1.06 bits per heavy atom. The van der Waals surface area contributed by atoms with Crippen molar-refractivity contribution in [2.75, 3.05) is 22.5 Å². The number of rotatable bonds is 5. The Morgan fingerprint density at radius 3 is 2.61 bits per heavy atom. The first-order chi connectivity index (χ1) is 15.1. The zero-order chi connectivity index (χ0) is 21.6. The Morgan fingerprint density at radius 2 is 1.84 bits per heavy atom. The summed E-state index contributed by atoms with van der Waals surface area (Å²) in [5.41, 5.74) is 3.48. The van der Waals surface area contributed by atoms with Crippen molar-refractivity contribution in [3.05, 3.63) is 84.1 Å². The Kier molecular flexibility index (Phi) is 6.52. The fourth-order valence-electron chi connectivity index (χ4n) is 3.46. The molecule has 158 valence electrons. The highest BCUT2D eigenvalue weighted by Crippen LogP contribution is 2.32. The lowest BCUT2D eigenvalue weighted by atomic mass is 10.1. The third-order valence-corrected chi connectivity index (χ3v) is 6.06.